The van der Waals surface area contributed by atoms with E-state index in [1.807, 2.05) is 0 Å². The van der Waals surface area contributed by atoms with Gasteiger partial charge in [0.1, 0.15) is 18.6 Å². The topological polar surface area (TPSA) is 130 Å². The molecule has 5 aliphatic rings. The molecule has 0 aromatic heterocycles. The molecule has 5 rings (SSSR count). The molecule has 2 atom stereocenters. The van der Waals surface area contributed by atoms with Crippen molar-refractivity contribution in [2.45, 2.75) is 94.3 Å². The number of nitrogens with one attached hydrogen (secondary N) is 1. The predicted molar refractivity (Wildman–Crippen MR) is 126 cm³/mol. The van der Waals surface area contributed by atoms with Crippen LogP contribution in [-0.4, -0.2) is 88.6 Å². The van der Waals surface area contributed by atoms with Crippen molar-refractivity contribution in [2.75, 3.05) is 32.8 Å². The lowest BCUT2D eigenvalue weighted by atomic mass is 9.61. The summed E-state index contributed by atoms with van der Waals surface area (Å²) in [4.78, 5) is 43.8. The molecule has 3 saturated carbocycles. The molecule has 0 aromatic carbocycles. The fourth-order valence-corrected chi connectivity index (χ4v) is 6.45. The summed E-state index contributed by atoms with van der Waals surface area (Å²) < 4.78 is 5.36. The maximum absolute atomic E-state index is 13.1. The van der Waals surface area contributed by atoms with E-state index >= 15 is 0 Å². The first kappa shape index (κ1) is 25.2. The molecule has 0 spiro atoms. The van der Waals surface area contributed by atoms with Gasteiger partial charge in [-0.05, 0) is 71.1 Å². The molecule has 2 heterocycles. The van der Waals surface area contributed by atoms with Gasteiger partial charge in [-0.1, -0.05) is 0 Å². The van der Waals surface area contributed by atoms with Gasteiger partial charge >= 0.3 is 6.09 Å². The van der Waals surface area contributed by atoms with Crippen molar-refractivity contribution in [3.63, 3.8) is 0 Å². The first-order valence-electron chi connectivity index (χ1n) is 12.9. The number of nitriles is 2. The van der Waals surface area contributed by atoms with Gasteiger partial charge in [-0.25, -0.2) is 4.79 Å². The summed E-state index contributed by atoms with van der Waals surface area (Å²) >= 11 is 0. The van der Waals surface area contributed by atoms with Gasteiger partial charge < -0.3 is 19.9 Å². The van der Waals surface area contributed by atoms with Gasteiger partial charge in [0.25, 0.3) is 0 Å². The molecule has 10 nitrogen and oxygen atoms in total. The summed E-state index contributed by atoms with van der Waals surface area (Å²) in [6.45, 7) is 3.33. The molecule has 10 heteroatoms. The van der Waals surface area contributed by atoms with Crippen molar-refractivity contribution in [1.29, 1.82) is 10.5 Å². The Morgan fingerprint density at radius 3 is 2.00 bits per heavy atom. The van der Waals surface area contributed by atoms with Crippen molar-refractivity contribution in [1.82, 2.24) is 20.0 Å². The smallest absolute Gasteiger partial charge is 0.410 e. The summed E-state index contributed by atoms with van der Waals surface area (Å²) in [5.74, 6) is -0.220. The van der Waals surface area contributed by atoms with E-state index in [-0.39, 0.29) is 43.1 Å². The molecule has 2 bridgehead atoms. The highest BCUT2D eigenvalue weighted by molar-refractivity contribution is 5.83. The minimum atomic E-state index is -0.470. The van der Waals surface area contributed by atoms with Gasteiger partial charge in [0.15, 0.2) is 0 Å². The Morgan fingerprint density at radius 2 is 1.49 bits per heavy atom. The van der Waals surface area contributed by atoms with E-state index in [0.717, 1.165) is 57.8 Å². The Hall–Kier alpha value is -2.85. The number of fused-ring (bicyclic) bond motifs is 3. The highest BCUT2D eigenvalue weighted by Crippen LogP contribution is 2.50. The van der Waals surface area contributed by atoms with Crippen molar-refractivity contribution < 1.29 is 19.1 Å². The van der Waals surface area contributed by atoms with Crippen LogP contribution >= 0.6 is 0 Å². The molecule has 2 aliphatic heterocycles. The number of nitrogens with zero attached hydrogens (tertiary/aromatic N) is 5. The second-order valence-corrected chi connectivity index (χ2v) is 10.4. The van der Waals surface area contributed by atoms with Crippen molar-refractivity contribution >= 4 is 17.9 Å². The molecule has 1 N–H and O–H groups in total. The van der Waals surface area contributed by atoms with Crippen LogP contribution in [-0.2, 0) is 14.3 Å². The van der Waals surface area contributed by atoms with E-state index in [2.05, 4.69) is 17.5 Å². The lowest BCUT2D eigenvalue weighted by molar-refractivity contribution is -0.136. The standard InChI is InChI=1S/C25H36N6O4/c1-2-35-23(34)31(18-22(33)30-14-4-6-20(30)16-27)25-10-7-24(8-11-25,9-12-25)28-17-21(32)29-13-3-5-19(29)15-26/h19-20,28H,2-14,17-18H2,1H3/t19-,20-,24?,25?/m0/s1. The fraction of sp³-hybridized carbons (Fsp3) is 0.800. The van der Waals surface area contributed by atoms with E-state index in [1.165, 1.54) is 0 Å². The zero-order valence-corrected chi connectivity index (χ0v) is 20.6. The van der Waals surface area contributed by atoms with Gasteiger partial charge in [0, 0.05) is 24.2 Å². The second-order valence-electron chi connectivity index (χ2n) is 10.4. The van der Waals surface area contributed by atoms with E-state index in [0.29, 0.717) is 19.5 Å². The molecule has 0 radical (unpaired) electrons. The Balaban J connectivity index is 1.40. The molecule has 2 saturated heterocycles. The Bertz CT molecular complexity index is 899. The third-order valence-corrected chi connectivity index (χ3v) is 8.62. The molecule has 0 unspecified atom stereocenters. The average Bonchev–Trinajstić information content (AvgIpc) is 3.56. The monoisotopic (exact) mass is 484 g/mol. The van der Waals surface area contributed by atoms with Crippen LogP contribution in [0.4, 0.5) is 4.79 Å². The van der Waals surface area contributed by atoms with Gasteiger partial charge in [0.2, 0.25) is 11.8 Å². The average molecular weight is 485 g/mol. The number of hydrogen-bond acceptors (Lipinski definition) is 7. The Kier molecular flexibility index (Phi) is 7.51. The normalized spacial score (nSPS) is 31.6. The first-order chi connectivity index (χ1) is 16.9. The Labute approximate surface area is 207 Å². The van der Waals surface area contributed by atoms with Crippen molar-refractivity contribution in [3.8, 4) is 12.1 Å². The maximum atomic E-state index is 13.1. The summed E-state index contributed by atoms with van der Waals surface area (Å²) in [7, 11) is 0. The number of carbonyl (C=O) groups is 3. The fourth-order valence-electron chi connectivity index (χ4n) is 6.45. The third-order valence-electron chi connectivity index (χ3n) is 8.62. The minimum Gasteiger partial charge on any atom is -0.450 e. The number of amides is 3. The van der Waals surface area contributed by atoms with Crippen LogP contribution in [0.15, 0.2) is 0 Å². The zero-order valence-electron chi connectivity index (χ0n) is 20.6. The lowest BCUT2D eigenvalue weighted by Crippen LogP contribution is -2.66. The molecule has 3 amide bonds. The lowest BCUT2D eigenvalue weighted by Gasteiger charge is -2.57. The summed E-state index contributed by atoms with van der Waals surface area (Å²) in [5, 5.41) is 22.2. The molecule has 0 aromatic rings. The minimum absolute atomic E-state index is 0.0257. The van der Waals surface area contributed by atoms with E-state index in [1.54, 1.807) is 21.6 Å². The van der Waals surface area contributed by atoms with E-state index in [4.69, 9.17) is 4.74 Å². The van der Waals surface area contributed by atoms with Crippen molar-refractivity contribution in [2.24, 2.45) is 0 Å². The SMILES string of the molecule is CCOC(=O)N(CC(=O)N1CCC[C@H]1C#N)C12CCC(NCC(=O)N3CCC[C@H]3C#N)(CC1)CC2. The molecular formula is C25H36N6O4. The van der Waals surface area contributed by atoms with Crippen LogP contribution in [0.25, 0.3) is 0 Å². The largest absolute Gasteiger partial charge is 0.450 e. The number of hydrogen-bond donors (Lipinski definition) is 1. The third kappa shape index (κ3) is 4.95. The summed E-state index contributed by atoms with van der Waals surface area (Å²) in [6.07, 6.45) is 7.20. The van der Waals surface area contributed by atoms with Gasteiger partial charge in [-0.3, -0.25) is 14.5 Å². The van der Waals surface area contributed by atoms with E-state index < -0.39 is 17.7 Å². The summed E-state index contributed by atoms with van der Waals surface area (Å²) in [6, 6.07) is 3.68. The molecule has 3 aliphatic carbocycles. The zero-order chi connectivity index (χ0) is 25.1. The number of carbonyl (C=O) groups excluding carboxylic acids is 3. The molecule has 190 valence electrons. The summed E-state index contributed by atoms with van der Waals surface area (Å²) in [5.41, 5.74) is -0.609. The van der Waals surface area contributed by atoms with Gasteiger partial charge in [-0.2, -0.15) is 10.5 Å². The highest BCUT2D eigenvalue weighted by Gasteiger charge is 2.53. The van der Waals surface area contributed by atoms with Gasteiger partial charge in [0.05, 0.1) is 25.3 Å². The molecular weight excluding hydrogens is 448 g/mol. The number of rotatable bonds is 7. The van der Waals surface area contributed by atoms with Crippen LogP contribution in [0.1, 0.15) is 71.1 Å². The van der Waals surface area contributed by atoms with E-state index in [9.17, 15) is 24.9 Å². The first-order valence-corrected chi connectivity index (χ1v) is 12.9. The molecule has 5 fully saturated rings. The predicted octanol–water partition coefficient (Wildman–Crippen LogP) is 1.91. The van der Waals surface area contributed by atoms with Crippen LogP contribution in [0.3, 0.4) is 0 Å². The second kappa shape index (κ2) is 10.4. The number of ether oxygens (including phenoxy) is 1. The Morgan fingerprint density at radius 1 is 0.943 bits per heavy atom. The van der Waals surface area contributed by atoms with Crippen LogP contribution in [0, 0.1) is 22.7 Å². The van der Waals surface area contributed by atoms with Crippen molar-refractivity contribution in [3.05, 3.63) is 0 Å². The maximum Gasteiger partial charge on any atom is 0.410 e. The number of likely N-dealkylation sites (tertiary alicyclic amines) is 2. The van der Waals surface area contributed by atoms with Crippen LogP contribution < -0.4 is 5.32 Å². The molecule has 35 heavy (non-hydrogen) atoms. The highest BCUT2D eigenvalue weighted by atomic mass is 16.6. The quantitative estimate of drug-likeness (QED) is 0.584. The van der Waals surface area contributed by atoms with Crippen LogP contribution in [0.5, 0.6) is 0 Å². The van der Waals surface area contributed by atoms with Crippen LogP contribution in [0.2, 0.25) is 0 Å². The van der Waals surface area contributed by atoms with Gasteiger partial charge in [-0.15, -0.1) is 0 Å².